The van der Waals surface area contributed by atoms with Crippen molar-refractivity contribution in [3.05, 3.63) is 56.8 Å². The molecule has 0 aliphatic heterocycles. The van der Waals surface area contributed by atoms with Gasteiger partial charge in [0.1, 0.15) is 11.6 Å². The van der Waals surface area contributed by atoms with Crippen molar-refractivity contribution in [2.75, 3.05) is 5.32 Å². The van der Waals surface area contributed by atoms with E-state index >= 15 is 0 Å². The fraction of sp³-hybridized carbons (Fsp3) is 0.0714. The molecule has 0 radical (unpaired) electrons. The van der Waals surface area contributed by atoms with Crippen molar-refractivity contribution in [1.29, 1.82) is 0 Å². The molecule has 0 saturated heterocycles. The van der Waals surface area contributed by atoms with Crippen LogP contribution in [0.2, 0.25) is 5.02 Å². The summed E-state index contributed by atoms with van der Waals surface area (Å²) in [5, 5.41) is 12.6. The van der Waals surface area contributed by atoms with E-state index in [-0.39, 0.29) is 15.8 Å². The SMILES string of the molecule is Cc1cc(F)c(Br)cc1NC(=O)c1ccc(Cl)cc1O. The van der Waals surface area contributed by atoms with Gasteiger partial charge in [-0.25, -0.2) is 4.39 Å². The second-order valence-corrected chi connectivity index (χ2v) is 5.49. The van der Waals surface area contributed by atoms with Gasteiger partial charge in [0.05, 0.1) is 10.0 Å². The summed E-state index contributed by atoms with van der Waals surface area (Å²) in [5.74, 6) is -1.12. The molecule has 0 bridgehead atoms. The molecule has 6 heteroatoms. The number of amides is 1. The Hall–Kier alpha value is -1.59. The first-order valence-electron chi connectivity index (χ1n) is 5.64. The topological polar surface area (TPSA) is 49.3 Å². The van der Waals surface area contributed by atoms with E-state index in [1.807, 2.05) is 0 Å². The molecule has 2 rings (SSSR count). The lowest BCUT2D eigenvalue weighted by atomic mass is 10.1. The summed E-state index contributed by atoms with van der Waals surface area (Å²) in [4.78, 5) is 12.1. The van der Waals surface area contributed by atoms with Crippen LogP contribution in [-0.4, -0.2) is 11.0 Å². The molecule has 1 amide bonds. The molecule has 2 N–H and O–H groups in total. The van der Waals surface area contributed by atoms with E-state index in [1.165, 1.54) is 30.3 Å². The van der Waals surface area contributed by atoms with Crippen LogP contribution in [0.3, 0.4) is 0 Å². The van der Waals surface area contributed by atoms with Crippen molar-refractivity contribution in [1.82, 2.24) is 0 Å². The quantitative estimate of drug-likeness (QED) is 0.830. The monoisotopic (exact) mass is 357 g/mol. The van der Waals surface area contributed by atoms with Crippen molar-refractivity contribution in [2.24, 2.45) is 0 Å². The van der Waals surface area contributed by atoms with Gasteiger partial charge in [-0.15, -0.1) is 0 Å². The zero-order valence-electron chi connectivity index (χ0n) is 10.4. The van der Waals surface area contributed by atoms with Crippen molar-refractivity contribution < 1.29 is 14.3 Å². The molecule has 0 aliphatic rings. The lowest BCUT2D eigenvalue weighted by molar-refractivity contribution is 0.102. The van der Waals surface area contributed by atoms with Crippen LogP contribution in [0.25, 0.3) is 0 Å². The van der Waals surface area contributed by atoms with Crippen LogP contribution in [0.15, 0.2) is 34.8 Å². The van der Waals surface area contributed by atoms with Crippen LogP contribution in [0.4, 0.5) is 10.1 Å². The molecule has 104 valence electrons. The maximum Gasteiger partial charge on any atom is 0.259 e. The number of aryl methyl sites for hydroxylation is 1. The lowest BCUT2D eigenvalue weighted by Crippen LogP contribution is -2.13. The summed E-state index contributed by atoms with van der Waals surface area (Å²) in [6.07, 6.45) is 0. The van der Waals surface area contributed by atoms with Gasteiger partial charge >= 0.3 is 0 Å². The first kappa shape index (κ1) is 14.8. The van der Waals surface area contributed by atoms with Gasteiger partial charge in [-0.05, 0) is 58.7 Å². The fourth-order valence-electron chi connectivity index (χ4n) is 1.67. The molecule has 0 spiro atoms. The molecular weight excluding hydrogens is 349 g/mol. The van der Waals surface area contributed by atoms with Crippen LogP contribution in [0.1, 0.15) is 15.9 Å². The summed E-state index contributed by atoms with van der Waals surface area (Å²) in [6, 6.07) is 6.98. The third-order valence-corrected chi connectivity index (χ3v) is 3.56. The lowest BCUT2D eigenvalue weighted by Gasteiger charge is -2.10. The number of rotatable bonds is 2. The Morgan fingerprint density at radius 3 is 2.70 bits per heavy atom. The number of anilines is 1. The number of carbonyl (C=O) groups excluding carboxylic acids is 1. The standard InChI is InChI=1S/C14H10BrClFNO2/c1-7-4-11(17)10(15)6-12(7)18-14(20)9-3-2-8(16)5-13(9)19/h2-6,19H,1H3,(H,18,20). The van der Waals surface area contributed by atoms with Crippen LogP contribution in [0, 0.1) is 12.7 Å². The van der Waals surface area contributed by atoms with Crippen molar-refractivity contribution in [3.63, 3.8) is 0 Å². The Morgan fingerprint density at radius 2 is 2.05 bits per heavy atom. The number of aromatic hydroxyl groups is 1. The molecule has 0 heterocycles. The van der Waals surface area contributed by atoms with Crippen molar-refractivity contribution in [3.8, 4) is 5.75 Å². The Kier molecular flexibility index (Phi) is 4.30. The zero-order chi connectivity index (χ0) is 14.9. The fourth-order valence-corrected chi connectivity index (χ4v) is 2.18. The molecule has 0 saturated carbocycles. The molecule has 0 aromatic heterocycles. The van der Waals surface area contributed by atoms with Crippen LogP contribution in [0.5, 0.6) is 5.75 Å². The average Bonchev–Trinajstić information content (AvgIpc) is 2.35. The van der Waals surface area contributed by atoms with Gasteiger partial charge in [-0.1, -0.05) is 11.6 Å². The highest BCUT2D eigenvalue weighted by molar-refractivity contribution is 9.10. The van der Waals surface area contributed by atoms with Crippen LogP contribution >= 0.6 is 27.5 Å². The number of phenolic OH excluding ortho intramolecular Hbond substituents is 1. The molecule has 2 aromatic rings. The molecular formula is C14H10BrClFNO2. The Morgan fingerprint density at radius 1 is 1.35 bits per heavy atom. The molecule has 3 nitrogen and oxygen atoms in total. The van der Waals surface area contributed by atoms with E-state index in [9.17, 15) is 14.3 Å². The number of phenols is 1. The number of nitrogens with one attached hydrogen (secondary N) is 1. The van der Waals surface area contributed by atoms with Crippen LogP contribution in [-0.2, 0) is 0 Å². The Bertz CT molecular complexity index is 691. The molecule has 2 aromatic carbocycles. The predicted octanol–water partition coefficient (Wildman–Crippen LogP) is 4.51. The van der Waals surface area contributed by atoms with Crippen molar-refractivity contribution >= 4 is 39.1 Å². The molecule has 20 heavy (non-hydrogen) atoms. The highest BCUT2D eigenvalue weighted by Crippen LogP contribution is 2.26. The van der Waals surface area contributed by atoms with Crippen molar-refractivity contribution in [2.45, 2.75) is 6.92 Å². The largest absolute Gasteiger partial charge is 0.507 e. The van der Waals surface area contributed by atoms with E-state index in [2.05, 4.69) is 21.2 Å². The van der Waals surface area contributed by atoms with Gasteiger partial charge in [0.25, 0.3) is 5.91 Å². The Labute approximate surface area is 128 Å². The Balaban J connectivity index is 2.30. The summed E-state index contributed by atoms with van der Waals surface area (Å²) in [6.45, 7) is 1.67. The highest BCUT2D eigenvalue weighted by Gasteiger charge is 2.14. The van der Waals surface area contributed by atoms with E-state index in [0.717, 1.165) is 0 Å². The minimum absolute atomic E-state index is 0.0919. The molecule has 0 fully saturated rings. The van der Waals surface area contributed by atoms with Gasteiger partial charge in [-0.3, -0.25) is 4.79 Å². The van der Waals surface area contributed by atoms with Gasteiger partial charge in [0, 0.05) is 10.7 Å². The average molecular weight is 359 g/mol. The third kappa shape index (κ3) is 3.11. The zero-order valence-corrected chi connectivity index (χ0v) is 12.7. The highest BCUT2D eigenvalue weighted by atomic mass is 79.9. The minimum Gasteiger partial charge on any atom is -0.507 e. The number of hydrogen-bond donors (Lipinski definition) is 2. The van der Waals surface area contributed by atoms with E-state index < -0.39 is 11.7 Å². The summed E-state index contributed by atoms with van der Waals surface area (Å²) in [5.41, 5.74) is 1.12. The van der Waals surface area contributed by atoms with Gasteiger partial charge in [-0.2, -0.15) is 0 Å². The maximum absolute atomic E-state index is 13.3. The number of carbonyl (C=O) groups is 1. The predicted molar refractivity (Wildman–Crippen MR) is 79.9 cm³/mol. The number of hydrogen-bond acceptors (Lipinski definition) is 2. The third-order valence-electron chi connectivity index (χ3n) is 2.72. The van der Waals surface area contributed by atoms with E-state index in [4.69, 9.17) is 11.6 Å². The maximum atomic E-state index is 13.3. The summed E-state index contributed by atoms with van der Waals surface area (Å²) in [7, 11) is 0. The summed E-state index contributed by atoms with van der Waals surface area (Å²) < 4.78 is 13.6. The van der Waals surface area contributed by atoms with Crippen LogP contribution < -0.4 is 5.32 Å². The number of halogens is 3. The van der Waals surface area contributed by atoms with E-state index in [1.54, 1.807) is 6.92 Å². The second kappa shape index (κ2) is 5.81. The van der Waals surface area contributed by atoms with E-state index in [0.29, 0.717) is 16.3 Å². The molecule has 0 atom stereocenters. The normalized spacial score (nSPS) is 10.4. The second-order valence-electron chi connectivity index (χ2n) is 4.20. The summed E-state index contributed by atoms with van der Waals surface area (Å²) >= 11 is 8.76. The van der Waals surface area contributed by atoms with Gasteiger partial charge in [0.15, 0.2) is 0 Å². The smallest absolute Gasteiger partial charge is 0.259 e. The first-order valence-corrected chi connectivity index (χ1v) is 6.81. The minimum atomic E-state index is -0.499. The number of benzene rings is 2. The van der Waals surface area contributed by atoms with Gasteiger partial charge < -0.3 is 10.4 Å². The molecule has 0 unspecified atom stereocenters. The molecule has 0 aliphatic carbocycles. The van der Waals surface area contributed by atoms with Gasteiger partial charge in [0.2, 0.25) is 0 Å². The first-order chi connectivity index (χ1) is 9.38.